The number of aryl methyl sites for hydroxylation is 1. The number of imidazole rings is 1. The van der Waals surface area contributed by atoms with Crippen molar-refractivity contribution in [2.75, 3.05) is 13.1 Å². The number of hydrogen-bond acceptors (Lipinski definition) is 3. The van der Waals surface area contributed by atoms with Crippen LogP contribution in [0.1, 0.15) is 35.1 Å². The third-order valence-electron chi connectivity index (χ3n) is 4.83. The number of aromatic nitrogens is 4. The predicted octanol–water partition coefficient (Wildman–Crippen LogP) is 2.85. The third-order valence-corrected chi connectivity index (χ3v) is 4.83. The summed E-state index contributed by atoms with van der Waals surface area (Å²) in [5.41, 5.74) is 1.51. The zero-order valence-corrected chi connectivity index (χ0v) is 14.2. The lowest BCUT2D eigenvalue weighted by Crippen LogP contribution is -2.41. The average Bonchev–Trinajstić information content (AvgIpc) is 3.33. The zero-order chi connectivity index (χ0) is 17.2. The Balaban J connectivity index is 1.60. The van der Waals surface area contributed by atoms with Gasteiger partial charge in [-0.25, -0.2) is 9.67 Å². The maximum atomic E-state index is 13.2. The van der Waals surface area contributed by atoms with Crippen LogP contribution in [0.2, 0.25) is 0 Å². The van der Waals surface area contributed by atoms with Crippen LogP contribution in [0.3, 0.4) is 0 Å². The first-order valence-electron chi connectivity index (χ1n) is 8.62. The summed E-state index contributed by atoms with van der Waals surface area (Å²) >= 11 is 0. The number of nitrogens with zero attached hydrogens (tertiary/aromatic N) is 5. The van der Waals surface area contributed by atoms with Crippen LogP contribution in [0, 0.1) is 6.92 Å². The van der Waals surface area contributed by atoms with E-state index >= 15 is 0 Å². The van der Waals surface area contributed by atoms with Gasteiger partial charge >= 0.3 is 0 Å². The monoisotopic (exact) mass is 335 g/mol. The van der Waals surface area contributed by atoms with Crippen molar-refractivity contribution in [3.05, 3.63) is 66.5 Å². The SMILES string of the molecule is Cc1nccn1[C@H]1CCCN(C(=O)c2ccccc2-n2cccn2)C1. The van der Waals surface area contributed by atoms with Gasteiger partial charge in [0.15, 0.2) is 0 Å². The van der Waals surface area contributed by atoms with Gasteiger partial charge in [-0.3, -0.25) is 4.79 Å². The number of piperidine rings is 1. The number of benzene rings is 1. The van der Waals surface area contributed by atoms with Gasteiger partial charge in [0.05, 0.1) is 17.3 Å². The van der Waals surface area contributed by atoms with E-state index in [2.05, 4.69) is 14.6 Å². The van der Waals surface area contributed by atoms with Crippen molar-refractivity contribution in [1.29, 1.82) is 0 Å². The fourth-order valence-corrected chi connectivity index (χ4v) is 3.58. The molecule has 0 N–H and O–H groups in total. The molecule has 1 aliphatic rings. The predicted molar refractivity (Wildman–Crippen MR) is 94.7 cm³/mol. The minimum Gasteiger partial charge on any atom is -0.337 e. The Morgan fingerprint density at radius 2 is 2.04 bits per heavy atom. The van der Waals surface area contributed by atoms with Crippen molar-refractivity contribution < 1.29 is 4.79 Å². The Hall–Kier alpha value is -2.89. The first kappa shape index (κ1) is 15.6. The average molecular weight is 335 g/mol. The van der Waals surface area contributed by atoms with Gasteiger partial charge in [-0.1, -0.05) is 12.1 Å². The second-order valence-electron chi connectivity index (χ2n) is 6.40. The minimum absolute atomic E-state index is 0.0635. The summed E-state index contributed by atoms with van der Waals surface area (Å²) in [6.45, 7) is 3.51. The van der Waals surface area contributed by atoms with Gasteiger partial charge in [0.2, 0.25) is 0 Å². The van der Waals surface area contributed by atoms with Crippen molar-refractivity contribution in [3.8, 4) is 5.69 Å². The molecule has 0 saturated carbocycles. The van der Waals surface area contributed by atoms with Gasteiger partial charge in [0.1, 0.15) is 5.82 Å². The number of hydrogen-bond donors (Lipinski definition) is 0. The number of likely N-dealkylation sites (tertiary alicyclic amines) is 1. The summed E-state index contributed by atoms with van der Waals surface area (Å²) in [6, 6.07) is 9.80. The van der Waals surface area contributed by atoms with Gasteiger partial charge in [-0.15, -0.1) is 0 Å². The smallest absolute Gasteiger partial charge is 0.256 e. The molecular formula is C19H21N5O. The van der Waals surface area contributed by atoms with Gasteiger partial charge < -0.3 is 9.47 Å². The van der Waals surface area contributed by atoms with Crippen molar-refractivity contribution in [1.82, 2.24) is 24.2 Å². The van der Waals surface area contributed by atoms with Crippen molar-refractivity contribution >= 4 is 5.91 Å². The molecule has 1 aliphatic heterocycles. The highest BCUT2D eigenvalue weighted by Crippen LogP contribution is 2.25. The van der Waals surface area contributed by atoms with E-state index in [0.29, 0.717) is 12.1 Å². The zero-order valence-electron chi connectivity index (χ0n) is 14.2. The fraction of sp³-hybridized carbons (Fsp3) is 0.316. The summed E-state index contributed by atoms with van der Waals surface area (Å²) in [4.78, 5) is 19.4. The van der Waals surface area contributed by atoms with Gasteiger partial charge in [-0.05, 0) is 38.0 Å². The second-order valence-corrected chi connectivity index (χ2v) is 6.40. The van der Waals surface area contributed by atoms with Crippen LogP contribution in [-0.4, -0.2) is 43.2 Å². The summed E-state index contributed by atoms with van der Waals surface area (Å²) in [7, 11) is 0. The Bertz CT molecular complexity index is 868. The highest BCUT2D eigenvalue weighted by atomic mass is 16.2. The van der Waals surface area contributed by atoms with E-state index in [0.717, 1.165) is 30.9 Å². The maximum absolute atomic E-state index is 13.2. The summed E-state index contributed by atoms with van der Waals surface area (Å²) in [5.74, 6) is 1.06. The number of para-hydroxylation sites is 1. The van der Waals surface area contributed by atoms with E-state index < -0.39 is 0 Å². The fourth-order valence-electron chi connectivity index (χ4n) is 3.58. The first-order valence-corrected chi connectivity index (χ1v) is 8.62. The van der Waals surface area contributed by atoms with Crippen LogP contribution >= 0.6 is 0 Å². The minimum atomic E-state index is 0.0635. The molecule has 1 atom stereocenters. The van der Waals surface area contributed by atoms with Gasteiger partial charge in [-0.2, -0.15) is 5.10 Å². The molecule has 0 spiro atoms. The molecule has 3 aromatic rings. The summed E-state index contributed by atoms with van der Waals surface area (Å²) in [5, 5.41) is 4.28. The molecule has 25 heavy (non-hydrogen) atoms. The summed E-state index contributed by atoms with van der Waals surface area (Å²) in [6.07, 6.45) is 9.48. The van der Waals surface area contributed by atoms with E-state index in [9.17, 15) is 4.79 Å². The van der Waals surface area contributed by atoms with Crippen LogP contribution in [0.5, 0.6) is 0 Å². The maximum Gasteiger partial charge on any atom is 0.256 e. The molecule has 1 saturated heterocycles. The van der Waals surface area contributed by atoms with Crippen molar-refractivity contribution in [3.63, 3.8) is 0 Å². The van der Waals surface area contributed by atoms with Crippen LogP contribution in [0.15, 0.2) is 55.1 Å². The highest BCUT2D eigenvalue weighted by Gasteiger charge is 2.27. The molecule has 0 unspecified atom stereocenters. The van der Waals surface area contributed by atoms with Gasteiger partial charge in [0.25, 0.3) is 5.91 Å². The lowest BCUT2D eigenvalue weighted by atomic mass is 10.0. The molecule has 1 fully saturated rings. The van der Waals surface area contributed by atoms with Crippen molar-refractivity contribution in [2.24, 2.45) is 0 Å². The number of carbonyl (C=O) groups excluding carboxylic acids is 1. The van der Waals surface area contributed by atoms with E-state index in [4.69, 9.17) is 0 Å². The topological polar surface area (TPSA) is 56.0 Å². The molecule has 3 heterocycles. The summed E-state index contributed by atoms with van der Waals surface area (Å²) < 4.78 is 3.92. The molecule has 1 amide bonds. The first-order chi connectivity index (χ1) is 12.2. The van der Waals surface area contributed by atoms with Crippen LogP contribution in [0.4, 0.5) is 0 Å². The Labute approximate surface area is 146 Å². The highest BCUT2D eigenvalue weighted by molar-refractivity contribution is 5.97. The molecule has 6 nitrogen and oxygen atoms in total. The quantitative estimate of drug-likeness (QED) is 0.739. The molecule has 0 radical (unpaired) electrons. The van der Waals surface area contributed by atoms with E-state index in [-0.39, 0.29) is 11.9 Å². The molecule has 1 aromatic carbocycles. The van der Waals surface area contributed by atoms with E-state index in [1.807, 2.05) is 60.7 Å². The van der Waals surface area contributed by atoms with Crippen LogP contribution < -0.4 is 0 Å². The number of carbonyl (C=O) groups is 1. The largest absolute Gasteiger partial charge is 0.337 e. The third kappa shape index (κ3) is 2.95. The molecule has 0 bridgehead atoms. The van der Waals surface area contributed by atoms with Crippen LogP contribution in [0.25, 0.3) is 5.69 Å². The molecule has 2 aromatic heterocycles. The van der Waals surface area contributed by atoms with E-state index in [1.54, 1.807) is 10.9 Å². The lowest BCUT2D eigenvalue weighted by Gasteiger charge is -2.34. The standard InChI is InChI=1S/C19H21N5O/c1-15-20-10-13-23(15)16-6-4-11-22(14-16)19(25)17-7-2-3-8-18(17)24-12-5-9-21-24/h2-3,5,7-10,12-13,16H,4,6,11,14H2,1H3/t16-/m0/s1. The lowest BCUT2D eigenvalue weighted by molar-refractivity contribution is 0.0678. The second kappa shape index (κ2) is 6.55. The molecular weight excluding hydrogens is 314 g/mol. The van der Waals surface area contributed by atoms with E-state index in [1.165, 1.54) is 0 Å². The van der Waals surface area contributed by atoms with Crippen LogP contribution in [-0.2, 0) is 0 Å². The normalized spacial score (nSPS) is 17.6. The molecule has 4 rings (SSSR count). The molecule has 6 heteroatoms. The number of amides is 1. The Morgan fingerprint density at radius 1 is 1.16 bits per heavy atom. The van der Waals surface area contributed by atoms with Crippen molar-refractivity contribution in [2.45, 2.75) is 25.8 Å². The molecule has 128 valence electrons. The molecule has 0 aliphatic carbocycles. The number of rotatable bonds is 3. The Morgan fingerprint density at radius 3 is 2.80 bits per heavy atom. The Kier molecular flexibility index (Phi) is 4.09. The van der Waals surface area contributed by atoms with Gasteiger partial charge in [0, 0.05) is 37.9 Å².